The van der Waals surface area contributed by atoms with Crippen LogP contribution in [0.2, 0.25) is 0 Å². The van der Waals surface area contributed by atoms with Crippen molar-refractivity contribution >= 4 is 11.6 Å². The zero-order valence-electron chi connectivity index (χ0n) is 24.5. The van der Waals surface area contributed by atoms with E-state index >= 15 is 0 Å². The van der Waals surface area contributed by atoms with Crippen molar-refractivity contribution in [2.45, 2.75) is 78.1 Å². The number of amidine groups is 1. The van der Waals surface area contributed by atoms with Crippen LogP contribution in [0.3, 0.4) is 0 Å². The summed E-state index contributed by atoms with van der Waals surface area (Å²) in [6.07, 6.45) is 2.02. The number of carbonyl (C=O) groups excluding carboxylic acids is 1. The van der Waals surface area contributed by atoms with Gasteiger partial charge in [-0.1, -0.05) is 67.0 Å². The summed E-state index contributed by atoms with van der Waals surface area (Å²) in [5.74, 6) is 1.75. The Hall–Kier alpha value is -2.86. The third-order valence-corrected chi connectivity index (χ3v) is 7.40. The maximum Gasteiger partial charge on any atom is 0.182 e. The van der Waals surface area contributed by atoms with E-state index in [1.165, 1.54) is 0 Å². The van der Waals surface area contributed by atoms with Gasteiger partial charge in [0, 0.05) is 36.3 Å². The Kier molecular flexibility index (Phi) is 9.30. The summed E-state index contributed by atoms with van der Waals surface area (Å²) >= 11 is 0. The summed E-state index contributed by atoms with van der Waals surface area (Å²) in [5.41, 5.74) is 2.61. The molecule has 208 valence electrons. The molecule has 1 aliphatic heterocycles. The number of phenols is 1. The zero-order valence-corrected chi connectivity index (χ0v) is 24.5. The van der Waals surface area contributed by atoms with Gasteiger partial charge in [0.25, 0.3) is 0 Å². The number of hydrogen-bond acceptors (Lipinski definition) is 5. The van der Waals surface area contributed by atoms with Gasteiger partial charge in [0.15, 0.2) is 5.78 Å². The van der Waals surface area contributed by atoms with Crippen molar-refractivity contribution in [3.63, 3.8) is 0 Å². The van der Waals surface area contributed by atoms with Gasteiger partial charge in [-0.3, -0.25) is 10.2 Å². The summed E-state index contributed by atoms with van der Waals surface area (Å²) in [5, 5.41) is 20.1. The molecule has 2 N–H and O–H groups in total. The Morgan fingerprint density at radius 3 is 2.11 bits per heavy atom. The number of likely N-dealkylation sites (tertiary alicyclic amines) is 1. The minimum atomic E-state index is -0.308. The highest BCUT2D eigenvalue weighted by Gasteiger charge is 2.39. The first-order chi connectivity index (χ1) is 17.8. The second-order valence-corrected chi connectivity index (χ2v) is 12.5. The fourth-order valence-electron chi connectivity index (χ4n) is 5.33. The van der Waals surface area contributed by atoms with Crippen LogP contribution in [-0.4, -0.2) is 55.0 Å². The number of methoxy groups -OCH3 is 1. The van der Waals surface area contributed by atoms with Gasteiger partial charge in [0.1, 0.15) is 23.9 Å². The molecule has 0 saturated carbocycles. The monoisotopic (exact) mass is 522 g/mol. The van der Waals surface area contributed by atoms with Crippen LogP contribution >= 0.6 is 0 Å². The molecule has 2 aromatic rings. The van der Waals surface area contributed by atoms with E-state index in [1.807, 2.05) is 82.8 Å². The molecule has 2 atom stereocenters. The number of ether oxygens (including phenoxy) is 2. The third-order valence-electron chi connectivity index (χ3n) is 7.40. The van der Waals surface area contributed by atoms with Gasteiger partial charge < -0.3 is 19.5 Å². The van der Waals surface area contributed by atoms with Crippen LogP contribution in [-0.2, 0) is 15.6 Å². The molecule has 0 spiro atoms. The predicted octanol–water partition coefficient (Wildman–Crippen LogP) is 6.69. The molecule has 0 bridgehead atoms. The molecule has 1 heterocycles. The Balaban J connectivity index is 1.86. The Morgan fingerprint density at radius 2 is 1.61 bits per heavy atom. The number of nitrogens with zero attached hydrogens (tertiary/aromatic N) is 1. The van der Waals surface area contributed by atoms with Gasteiger partial charge in [-0.25, -0.2) is 0 Å². The minimum Gasteiger partial charge on any atom is -0.507 e. The van der Waals surface area contributed by atoms with Crippen LogP contribution in [0.4, 0.5) is 0 Å². The normalized spacial score (nSPS) is 18.2. The van der Waals surface area contributed by atoms with Crippen molar-refractivity contribution in [2.75, 3.05) is 33.4 Å². The fourth-order valence-corrected chi connectivity index (χ4v) is 5.33. The molecule has 0 aromatic heterocycles. The van der Waals surface area contributed by atoms with Crippen molar-refractivity contribution in [3.05, 3.63) is 58.7 Å². The highest BCUT2D eigenvalue weighted by molar-refractivity contribution is 6.01. The number of rotatable bonds is 10. The molecule has 1 aliphatic rings. The van der Waals surface area contributed by atoms with Crippen LogP contribution in [0.15, 0.2) is 36.4 Å². The van der Waals surface area contributed by atoms with Crippen LogP contribution in [0.1, 0.15) is 94.3 Å². The molecule has 1 fully saturated rings. The van der Waals surface area contributed by atoms with E-state index in [0.29, 0.717) is 31.2 Å². The average molecular weight is 523 g/mol. The molecular weight excluding hydrogens is 476 g/mol. The maximum atomic E-state index is 13.6. The summed E-state index contributed by atoms with van der Waals surface area (Å²) in [4.78, 5) is 15.6. The Labute approximate surface area is 228 Å². The van der Waals surface area contributed by atoms with Crippen LogP contribution in [0, 0.1) is 11.3 Å². The molecule has 0 radical (unpaired) electrons. The van der Waals surface area contributed by atoms with E-state index in [0.717, 1.165) is 35.3 Å². The van der Waals surface area contributed by atoms with Crippen molar-refractivity contribution in [1.82, 2.24) is 4.90 Å². The van der Waals surface area contributed by atoms with Gasteiger partial charge >= 0.3 is 0 Å². The second kappa shape index (κ2) is 11.9. The smallest absolute Gasteiger partial charge is 0.182 e. The van der Waals surface area contributed by atoms with Gasteiger partial charge in [-0.05, 0) is 53.0 Å². The lowest BCUT2D eigenvalue weighted by molar-refractivity contribution is 0.0963. The van der Waals surface area contributed by atoms with Crippen molar-refractivity contribution in [2.24, 2.45) is 5.92 Å². The molecule has 0 unspecified atom stereocenters. The maximum absolute atomic E-state index is 13.6. The number of benzene rings is 2. The summed E-state index contributed by atoms with van der Waals surface area (Å²) in [6.45, 7) is 16.3. The standard InChI is InChI=1S/C32H46N2O4/c1-9-10-22-19-34(30(33)28(22)21-11-13-24(14-12-21)38-16-15-37-8)20-27(35)23-17-25(31(2,3)4)29(36)26(18-23)32(5,6)7/h11-14,17-18,22,28,33,36H,9-10,15-16,19-20H2,1-8H3/t22-,28-/m1/s1. The molecule has 0 amide bonds. The lowest BCUT2D eigenvalue weighted by Crippen LogP contribution is -2.32. The second-order valence-electron chi connectivity index (χ2n) is 12.5. The van der Waals surface area contributed by atoms with Gasteiger partial charge in [-0.15, -0.1) is 0 Å². The average Bonchev–Trinajstić information content (AvgIpc) is 3.13. The van der Waals surface area contributed by atoms with E-state index in [2.05, 4.69) is 6.92 Å². The van der Waals surface area contributed by atoms with Crippen LogP contribution < -0.4 is 4.74 Å². The first kappa shape index (κ1) is 29.7. The number of carbonyl (C=O) groups is 1. The summed E-state index contributed by atoms with van der Waals surface area (Å²) in [6, 6.07) is 11.7. The summed E-state index contributed by atoms with van der Waals surface area (Å²) in [7, 11) is 1.65. The molecule has 38 heavy (non-hydrogen) atoms. The molecule has 3 rings (SSSR count). The topological polar surface area (TPSA) is 82.9 Å². The predicted molar refractivity (Wildman–Crippen MR) is 154 cm³/mol. The molecule has 6 nitrogen and oxygen atoms in total. The highest BCUT2D eigenvalue weighted by atomic mass is 16.5. The molecule has 6 heteroatoms. The van der Waals surface area contributed by atoms with Gasteiger partial charge in [-0.2, -0.15) is 0 Å². The van der Waals surface area contributed by atoms with Crippen molar-refractivity contribution in [1.29, 1.82) is 5.41 Å². The number of phenolic OH excluding ortho intramolecular Hbond substituents is 1. The van der Waals surface area contributed by atoms with Crippen LogP contribution in [0.25, 0.3) is 0 Å². The fraction of sp³-hybridized carbons (Fsp3) is 0.562. The van der Waals surface area contributed by atoms with E-state index in [9.17, 15) is 9.90 Å². The molecule has 0 aliphatic carbocycles. The third kappa shape index (κ3) is 6.76. The minimum absolute atomic E-state index is 0.0245. The molecule has 2 aromatic carbocycles. The molecule has 1 saturated heterocycles. The summed E-state index contributed by atoms with van der Waals surface area (Å²) < 4.78 is 10.8. The number of hydrogen-bond donors (Lipinski definition) is 2. The molecular formula is C32H46N2O4. The van der Waals surface area contributed by atoms with E-state index in [4.69, 9.17) is 14.9 Å². The lowest BCUT2D eigenvalue weighted by Gasteiger charge is -2.28. The zero-order chi connectivity index (χ0) is 28.3. The first-order valence-electron chi connectivity index (χ1n) is 13.7. The lowest BCUT2D eigenvalue weighted by atomic mass is 9.78. The van der Waals surface area contributed by atoms with Crippen molar-refractivity contribution < 1.29 is 19.4 Å². The Morgan fingerprint density at radius 1 is 1.03 bits per heavy atom. The first-order valence-corrected chi connectivity index (χ1v) is 13.7. The largest absolute Gasteiger partial charge is 0.507 e. The van der Waals surface area contributed by atoms with Crippen molar-refractivity contribution in [3.8, 4) is 11.5 Å². The number of aromatic hydroxyl groups is 1. The van der Waals surface area contributed by atoms with E-state index in [-0.39, 0.29) is 40.7 Å². The SMILES string of the molecule is CCC[C@@H]1CN(CC(=O)c2cc(C(C)(C)C)c(O)c(C(C)(C)C)c2)C(=N)[C@@H]1c1ccc(OCCOC)cc1. The number of Topliss-reactive ketones (excluding diaryl/α,β-unsaturated/α-hetero) is 1. The highest BCUT2D eigenvalue weighted by Crippen LogP contribution is 2.41. The number of ketones is 1. The van der Waals surface area contributed by atoms with Crippen LogP contribution in [0.5, 0.6) is 11.5 Å². The van der Waals surface area contributed by atoms with Gasteiger partial charge in [0.2, 0.25) is 0 Å². The van der Waals surface area contributed by atoms with Gasteiger partial charge in [0.05, 0.1) is 13.2 Å². The Bertz CT molecular complexity index is 1090. The van der Waals surface area contributed by atoms with E-state index < -0.39 is 0 Å². The quantitative estimate of drug-likeness (QED) is 0.268. The van der Waals surface area contributed by atoms with E-state index in [1.54, 1.807) is 7.11 Å². The number of nitrogens with one attached hydrogen (secondary N) is 1.